The largest absolute Gasteiger partial charge is 0.358 e. The number of ketones is 2. The van der Waals surface area contributed by atoms with E-state index in [1.807, 2.05) is 84.8 Å². The van der Waals surface area contributed by atoms with Crippen LogP contribution >= 0.6 is 23.2 Å². The number of amides is 1. The third kappa shape index (κ3) is 3.66. The zero-order valence-corrected chi connectivity index (χ0v) is 23.5. The topological polar surface area (TPSA) is 66.5 Å². The van der Waals surface area contributed by atoms with E-state index in [-0.39, 0.29) is 28.1 Å². The van der Waals surface area contributed by atoms with Gasteiger partial charge in [-0.15, -0.1) is 0 Å². The maximum atomic E-state index is 14.8. The average Bonchev–Trinajstić information content (AvgIpc) is 3.45. The zero-order valence-electron chi connectivity index (χ0n) is 22.0. The van der Waals surface area contributed by atoms with Gasteiger partial charge in [0.2, 0.25) is 5.91 Å². The van der Waals surface area contributed by atoms with Crippen LogP contribution in [0.5, 0.6) is 0 Å². The summed E-state index contributed by atoms with van der Waals surface area (Å²) in [6.45, 7) is 1.95. The molecule has 0 aromatic heterocycles. The van der Waals surface area contributed by atoms with Gasteiger partial charge in [0.15, 0.2) is 11.6 Å². The van der Waals surface area contributed by atoms with Crippen molar-refractivity contribution in [3.63, 3.8) is 0 Å². The Hall–Kier alpha value is -4.19. The van der Waals surface area contributed by atoms with Gasteiger partial charge < -0.3 is 10.2 Å². The Morgan fingerprint density at radius 3 is 2.39 bits per heavy atom. The molecule has 202 valence electrons. The number of halogens is 2. The number of nitrogens with one attached hydrogen (secondary N) is 1. The minimum Gasteiger partial charge on any atom is -0.358 e. The number of fused-ring (bicyclic) bond motifs is 6. The second-order valence-electron chi connectivity index (χ2n) is 10.8. The van der Waals surface area contributed by atoms with Crippen LogP contribution in [0.3, 0.4) is 0 Å². The molecule has 0 saturated carbocycles. The van der Waals surface area contributed by atoms with Gasteiger partial charge in [0.05, 0.1) is 17.0 Å². The fraction of sp³-hybridized carbons (Fsp3) is 0.147. The second-order valence-corrected chi connectivity index (χ2v) is 11.6. The number of aryl methyl sites for hydroxylation is 1. The molecule has 4 atom stereocenters. The lowest BCUT2D eigenvalue weighted by Crippen LogP contribution is -2.49. The number of carbonyl (C=O) groups excluding carboxylic acids is 3. The van der Waals surface area contributed by atoms with Crippen LogP contribution < -0.4 is 5.32 Å². The van der Waals surface area contributed by atoms with Crippen LogP contribution in [0.4, 0.5) is 5.69 Å². The predicted octanol–water partition coefficient (Wildman–Crippen LogP) is 7.28. The standard InChI is InChI=1S/C34H24Cl2N2O3/c1-19-10-12-21(13-11-19)30(39)28-29(31(40)24-15-14-22(35)18-26(24)36)38-17-16-20-6-2-3-7-23(20)32(38)34(28)25-8-4-5-9-27(25)37-33(34)41/h2-18,28-29,32H,1H3,(H,37,41)/t28-,29+,32+,34-/m0/s1. The number of Topliss-reactive ketones (excluding diaryl/α,β-unsaturated/α-hetero) is 2. The van der Waals surface area contributed by atoms with E-state index in [0.29, 0.717) is 21.8 Å². The number of benzene rings is 4. The molecular formula is C34H24Cl2N2O3. The minimum atomic E-state index is -1.39. The fourth-order valence-electron chi connectivity index (χ4n) is 6.91. The fourth-order valence-corrected chi connectivity index (χ4v) is 7.42. The summed E-state index contributed by atoms with van der Waals surface area (Å²) >= 11 is 12.7. The van der Waals surface area contributed by atoms with E-state index in [9.17, 15) is 14.4 Å². The Labute approximate surface area is 247 Å². The molecule has 0 bridgehead atoms. The normalized spacial score (nSPS) is 23.6. The molecule has 7 rings (SSSR count). The van der Waals surface area contributed by atoms with E-state index in [4.69, 9.17) is 23.2 Å². The van der Waals surface area contributed by atoms with Gasteiger partial charge in [0.25, 0.3) is 0 Å². The first-order valence-corrected chi connectivity index (χ1v) is 14.1. The van der Waals surface area contributed by atoms with Gasteiger partial charge in [0, 0.05) is 28.0 Å². The van der Waals surface area contributed by atoms with Gasteiger partial charge in [-0.3, -0.25) is 14.4 Å². The van der Waals surface area contributed by atoms with Gasteiger partial charge in [-0.25, -0.2) is 0 Å². The van der Waals surface area contributed by atoms with Crippen LogP contribution in [0.25, 0.3) is 6.08 Å². The molecule has 3 aliphatic rings. The van der Waals surface area contributed by atoms with Crippen LogP contribution in [0, 0.1) is 12.8 Å². The predicted molar refractivity (Wildman–Crippen MR) is 160 cm³/mol. The van der Waals surface area contributed by atoms with E-state index >= 15 is 0 Å². The number of nitrogens with zero attached hydrogens (tertiary/aromatic N) is 1. The van der Waals surface area contributed by atoms with Gasteiger partial charge in [-0.05, 0) is 54.0 Å². The summed E-state index contributed by atoms with van der Waals surface area (Å²) in [7, 11) is 0. The SMILES string of the molecule is Cc1ccc(C(=O)[C@@H]2[C@H](C(=O)c3ccc(Cl)cc3Cl)N3C=Cc4ccccc4[C@@H]3[C@@]23C(=O)Nc2ccccc23)cc1. The lowest BCUT2D eigenvalue weighted by molar-refractivity contribution is -0.122. The van der Waals surface area contributed by atoms with Crippen molar-refractivity contribution in [1.29, 1.82) is 0 Å². The Morgan fingerprint density at radius 2 is 1.61 bits per heavy atom. The molecular weight excluding hydrogens is 555 g/mol. The van der Waals surface area contributed by atoms with Gasteiger partial charge in [0.1, 0.15) is 11.5 Å². The van der Waals surface area contributed by atoms with E-state index in [0.717, 1.165) is 16.7 Å². The van der Waals surface area contributed by atoms with Crippen molar-refractivity contribution < 1.29 is 14.4 Å². The van der Waals surface area contributed by atoms with Crippen molar-refractivity contribution in [1.82, 2.24) is 4.90 Å². The van der Waals surface area contributed by atoms with Crippen molar-refractivity contribution in [2.75, 3.05) is 5.32 Å². The highest BCUT2D eigenvalue weighted by Crippen LogP contribution is 2.62. The molecule has 0 radical (unpaired) electrons. The molecule has 1 amide bonds. The summed E-state index contributed by atoms with van der Waals surface area (Å²) in [5, 5.41) is 3.65. The Balaban J connectivity index is 1.54. The van der Waals surface area contributed by atoms with Gasteiger partial charge >= 0.3 is 0 Å². The maximum absolute atomic E-state index is 14.8. The first kappa shape index (κ1) is 25.8. The van der Waals surface area contributed by atoms with Gasteiger partial charge in [-0.2, -0.15) is 0 Å². The van der Waals surface area contributed by atoms with Crippen LogP contribution in [0.15, 0.2) is 97.2 Å². The second kappa shape index (κ2) is 9.44. The quantitative estimate of drug-likeness (QED) is 0.258. The Morgan fingerprint density at radius 1 is 0.878 bits per heavy atom. The highest BCUT2D eigenvalue weighted by molar-refractivity contribution is 6.37. The van der Waals surface area contributed by atoms with Crippen molar-refractivity contribution in [2.45, 2.75) is 24.4 Å². The summed E-state index contributed by atoms with van der Waals surface area (Å²) in [4.78, 5) is 45.8. The van der Waals surface area contributed by atoms with E-state index in [1.54, 1.807) is 24.3 Å². The molecule has 1 saturated heterocycles. The summed E-state index contributed by atoms with van der Waals surface area (Å²) in [6.07, 6.45) is 3.78. The monoisotopic (exact) mass is 578 g/mol. The summed E-state index contributed by atoms with van der Waals surface area (Å²) in [5.74, 6) is -1.99. The Kier molecular flexibility index (Phi) is 5.93. The maximum Gasteiger partial charge on any atom is 0.238 e. The number of hydrogen-bond donors (Lipinski definition) is 1. The number of anilines is 1. The first-order valence-electron chi connectivity index (χ1n) is 13.4. The molecule has 3 aliphatic heterocycles. The molecule has 1 spiro atoms. The molecule has 1 N–H and O–H groups in total. The molecule has 4 aromatic rings. The molecule has 5 nitrogen and oxygen atoms in total. The highest BCUT2D eigenvalue weighted by atomic mass is 35.5. The first-order chi connectivity index (χ1) is 19.8. The van der Waals surface area contributed by atoms with Crippen LogP contribution in [0.1, 0.15) is 49.0 Å². The van der Waals surface area contributed by atoms with E-state index in [1.165, 1.54) is 6.07 Å². The van der Waals surface area contributed by atoms with Crippen LogP contribution in [-0.4, -0.2) is 28.4 Å². The molecule has 1 fully saturated rings. The lowest BCUT2D eigenvalue weighted by Gasteiger charge is -2.38. The van der Waals surface area contributed by atoms with Crippen molar-refractivity contribution in [3.8, 4) is 0 Å². The van der Waals surface area contributed by atoms with Crippen molar-refractivity contribution >= 4 is 52.4 Å². The highest BCUT2D eigenvalue weighted by Gasteiger charge is 2.70. The van der Waals surface area contributed by atoms with Gasteiger partial charge in [-0.1, -0.05) is 95.5 Å². The summed E-state index contributed by atoms with van der Waals surface area (Å²) < 4.78 is 0. The number of carbonyl (C=O) groups is 3. The van der Waals surface area contributed by atoms with Crippen LogP contribution in [0.2, 0.25) is 10.0 Å². The smallest absolute Gasteiger partial charge is 0.238 e. The Bertz CT molecular complexity index is 1800. The minimum absolute atomic E-state index is 0.194. The van der Waals surface area contributed by atoms with Crippen molar-refractivity contribution in [3.05, 3.63) is 141 Å². The number of rotatable bonds is 4. The molecule has 41 heavy (non-hydrogen) atoms. The molecule has 4 aromatic carbocycles. The van der Waals surface area contributed by atoms with E-state index in [2.05, 4.69) is 5.32 Å². The molecule has 7 heteroatoms. The van der Waals surface area contributed by atoms with Crippen LogP contribution in [-0.2, 0) is 10.2 Å². The third-order valence-corrected chi connectivity index (χ3v) is 9.20. The molecule has 0 unspecified atom stereocenters. The molecule has 3 heterocycles. The van der Waals surface area contributed by atoms with E-state index < -0.39 is 23.4 Å². The molecule has 0 aliphatic carbocycles. The summed E-state index contributed by atoms with van der Waals surface area (Å²) in [5.41, 5.74) is 3.45. The summed E-state index contributed by atoms with van der Waals surface area (Å²) in [6, 6.07) is 25.6. The number of hydrogen-bond acceptors (Lipinski definition) is 4. The zero-order chi connectivity index (χ0) is 28.5. The van der Waals surface area contributed by atoms with Crippen molar-refractivity contribution in [2.24, 2.45) is 5.92 Å². The third-order valence-electron chi connectivity index (χ3n) is 8.65. The number of para-hydroxylation sites is 1. The lowest BCUT2D eigenvalue weighted by atomic mass is 9.62. The average molecular weight is 579 g/mol.